The summed E-state index contributed by atoms with van der Waals surface area (Å²) in [4.78, 5) is 23.4. The van der Waals surface area contributed by atoms with Crippen LogP contribution in [0.4, 0.5) is 11.4 Å². The fraction of sp³-hybridized carbons (Fsp3) is 0.529. The van der Waals surface area contributed by atoms with Crippen LogP contribution >= 0.6 is 0 Å². The zero-order chi connectivity index (χ0) is 19.2. The van der Waals surface area contributed by atoms with Gasteiger partial charge in [-0.25, -0.2) is 12.7 Å². The summed E-state index contributed by atoms with van der Waals surface area (Å²) in [6, 6.07) is 6.85. The number of carbonyl (C=O) groups excluding carboxylic acids is 2. The Bertz CT molecular complexity index is 725. The molecule has 1 heterocycles. The van der Waals surface area contributed by atoms with Crippen molar-refractivity contribution in [2.45, 2.75) is 19.8 Å². The minimum atomic E-state index is -3.33. The fourth-order valence-corrected chi connectivity index (χ4v) is 4.20. The number of ether oxygens (including phenoxy) is 1. The van der Waals surface area contributed by atoms with E-state index in [1.54, 1.807) is 24.3 Å². The Morgan fingerprint density at radius 3 is 2.15 bits per heavy atom. The van der Waals surface area contributed by atoms with Crippen molar-refractivity contribution in [1.29, 1.82) is 0 Å². The molecule has 0 unspecified atom stereocenters. The first-order valence-electron chi connectivity index (χ1n) is 8.47. The molecule has 0 atom stereocenters. The van der Waals surface area contributed by atoms with E-state index >= 15 is 0 Å². The third-order valence-corrected chi connectivity index (χ3v) is 6.07. The Kier molecular flexibility index (Phi) is 7.13. The summed E-state index contributed by atoms with van der Waals surface area (Å²) >= 11 is 0. The maximum atomic E-state index is 12.4. The number of hydrogen-bond donors (Lipinski definition) is 2. The molecule has 26 heavy (non-hydrogen) atoms. The van der Waals surface area contributed by atoms with Crippen molar-refractivity contribution in [2.75, 3.05) is 43.2 Å². The molecule has 8 nitrogen and oxygen atoms in total. The van der Waals surface area contributed by atoms with E-state index in [0.29, 0.717) is 37.3 Å². The Morgan fingerprint density at radius 2 is 1.65 bits per heavy atom. The number of piperidine rings is 1. The van der Waals surface area contributed by atoms with Crippen molar-refractivity contribution in [1.82, 2.24) is 4.31 Å². The summed E-state index contributed by atoms with van der Waals surface area (Å²) in [5, 5.41) is 5.50. The highest BCUT2D eigenvalue weighted by Gasteiger charge is 2.30. The van der Waals surface area contributed by atoms with Crippen molar-refractivity contribution in [2.24, 2.45) is 5.92 Å². The molecule has 0 spiro atoms. The largest absolute Gasteiger partial charge is 0.384 e. The standard InChI is InChI=1S/C17H25N3O5S/c1-13(21)18-15-3-5-16(6-4-15)19-17(22)14-7-9-20(10-8-14)26(23,24)12-11-25-2/h3-6,14H,7-12H2,1-2H3,(H,18,21)(H,19,22). The van der Waals surface area contributed by atoms with E-state index in [2.05, 4.69) is 10.6 Å². The third kappa shape index (κ3) is 5.79. The molecule has 1 aromatic rings. The summed E-state index contributed by atoms with van der Waals surface area (Å²) in [7, 11) is -1.86. The van der Waals surface area contributed by atoms with Crippen LogP contribution in [-0.4, -0.2) is 57.1 Å². The van der Waals surface area contributed by atoms with E-state index in [1.807, 2.05) is 0 Å². The van der Waals surface area contributed by atoms with Crippen LogP contribution in [0.5, 0.6) is 0 Å². The molecule has 0 saturated carbocycles. The summed E-state index contributed by atoms with van der Waals surface area (Å²) in [5.74, 6) is -0.541. The van der Waals surface area contributed by atoms with Crippen LogP contribution in [-0.2, 0) is 24.3 Å². The highest BCUT2D eigenvalue weighted by molar-refractivity contribution is 7.89. The molecule has 0 aliphatic carbocycles. The first-order chi connectivity index (χ1) is 12.3. The lowest BCUT2D eigenvalue weighted by Crippen LogP contribution is -2.42. The Labute approximate surface area is 153 Å². The molecule has 144 valence electrons. The van der Waals surface area contributed by atoms with Crippen LogP contribution in [0.1, 0.15) is 19.8 Å². The molecule has 0 aromatic heterocycles. The van der Waals surface area contributed by atoms with Crippen LogP contribution in [0.3, 0.4) is 0 Å². The molecule has 1 fully saturated rings. The second-order valence-electron chi connectivity index (χ2n) is 6.23. The number of anilines is 2. The Hall–Kier alpha value is -1.97. The molecular formula is C17H25N3O5S. The summed E-state index contributed by atoms with van der Waals surface area (Å²) in [6.07, 6.45) is 0.976. The number of nitrogens with zero attached hydrogens (tertiary/aromatic N) is 1. The molecule has 0 bridgehead atoms. The normalized spacial score (nSPS) is 16.2. The average Bonchev–Trinajstić information content (AvgIpc) is 2.61. The predicted octanol–water partition coefficient (Wildman–Crippen LogP) is 1.27. The lowest BCUT2D eigenvalue weighted by atomic mass is 9.97. The number of methoxy groups -OCH3 is 1. The number of sulfonamides is 1. The van der Waals surface area contributed by atoms with Gasteiger partial charge in [0.2, 0.25) is 21.8 Å². The average molecular weight is 383 g/mol. The van der Waals surface area contributed by atoms with Gasteiger partial charge in [0.15, 0.2) is 0 Å². The summed E-state index contributed by atoms with van der Waals surface area (Å²) in [5.41, 5.74) is 1.30. The van der Waals surface area contributed by atoms with Gasteiger partial charge in [0, 0.05) is 44.4 Å². The van der Waals surface area contributed by atoms with Gasteiger partial charge in [-0.15, -0.1) is 0 Å². The molecule has 1 aromatic carbocycles. The predicted molar refractivity (Wildman–Crippen MR) is 99.3 cm³/mol. The molecule has 1 saturated heterocycles. The molecule has 0 radical (unpaired) electrons. The van der Waals surface area contributed by atoms with Crippen LogP contribution in [0.25, 0.3) is 0 Å². The van der Waals surface area contributed by atoms with Crippen LogP contribution in [0.2, 0.25) is 0 Å². The van der Waals surface area contributed by atoms with E-state index in [9.17, 15) is 18.0 Å². The minimum Gasteiger partial charge on any atom is -0.384 e. The lowest BCUT2D eigenvalue weighted by Gasteiger charge is -2.30. The SMILES string of the molecule is COCCS(=O)(=O)N1CCC(C(=O)Nc2ccc(NC(C)=O)cc2)CC1. The highest BCUT2D eigenvalue weighted by atomic mass is 32.2. The number of benzene rings is 1. The number of carbonyl (C=O) groups is 2. The van der Waals surface area contributed by atoms with Gasteiger partial charge in [0.1, 0.15) is 0 Å². The van der Waals surface area contributed by atoms with Gasteiger partial charge >= 0.3 is 0 Å². The second kappa shape index (κ2) is 9.11. The third-order valence-electron chi connectivity index (χ3n) is 4.24. The second-order valence-corrected chi connectivity index (χ2v) is 8.32. The molecule has 1 aliphatic rings. The monoisotopic (exact) mass is 383 g/mol. The van der Waals surface area contributed by atoms with Crippen molar-refractivity contribution in [3.05, 3.63) is 24.3 Å². The van der Waals surface area contributed by atoms with Crippen molar-refractivity contribution >= 4 is 33.2 Å². The van der Waals surface area contributed by atoms with Crippen molar-refractivity contribution in [3.8, 4) is 0 Å². The first kappa shape index (κ1) is 20.3. The van der Waals surface area contributed by atoms with E-state index in [0.717, 1.165) is 0 Å². The van der Waals surface area contributed by atoms with Crippen molar-refractivity contribution in [3.63, 3.8) is 0 Å². The lowest BCUT2D eigenvalue weighted by molar-refractivity contribution is -0.121. The van der Waals surface area contributed by atoms with Gasteiger partial charge in [-0.2, -0.15) is 0 Å². The number of hydrogen-bond acceptors (Lipinski definition) is 5. The molecule has 9 heteroatoms. The maximum absolute atomic E-state index is 12.4. The molecule has 2 amide bonds. The molecule has 2 N–H and O–H groups in total. The highest BCUT2D eigenvalue weighted by Crippen LogP contribution is 2.22. The van der Waals surface area contributed by atoms with Gasteiger partial charge < -0.3 is 15.4 Å². The van der Waals surface area contributed by atoms with Gasteiger partial charge in [-0.1, -0.05) is 0 Å². The molecular weight excluding hydrogens is 358 g/mol. The van der Waals surface area contributed by atoms with Crippen LogP contribution in [0.15, 0.2) is 24.3 Å². The summed E-state index contributed by atoms with van der Waals surface area (Å²) < 4.78 is 30.5. The van der Waals surface area contributed by atoms with E-state index in [4.69, 9.17) is 4.74 Å². The first-order valence-corrected chi connectivity index (χ1v) is 10.1. The molecule has 2 rings (SSSR count). The zero-order valence-corrected chi connectivity index (χ0v) is 15.8. The van der Waals surface area contributed by atoms with Gasteiger partial charge in [0.25, 0.3) is 0 Å². The van der Waals surface area contributed by atoms with Gasteiger partial charge in [-0.3, -0.25) is 9.59 Å². The zero-order valence-electron chi connectivity index (χ0n) is 15.0. The van der Waals surface area contributed by atoms with Crippen LogP contribution < -0.4 is 10.6 Å². The Morgan fingerprint density at radius 1 is 1.12 bits per heavy atom. The quantitative estimate of drug-likeness (QED) is 0.738. The molecule has 1 aliphatic heterocycles. The van der Waals surface area contributed by atoms with Crippen LogP contribution in [0, 0.1) is 5.92 Å². The van der Waals surface area contributed by atoms with E-state index < -0.39 is 10.0 Å². The number of nitrogens with one attached hydrogen (secondary N) is 2. The fourth-order valence-electron chi connectivity index (χ4n) is 2.80. The summed E-state index contributed by atoms with van der Waals surface area (Å²) in [6.45, 7) is 2.27. The smallest absolute Gasteiger partial charge is 0.227 e. The Balaban J connectivity index is 1.85. The van der Waals surface area contributed by atoms with E-state index in [-0.39, 0.29) is 30.1 Å². The van der Waals surface area contributed by atoms with Gasteiger partial charge in [-0.05, 0) is 37.1 Å². The number of amides is 2. The van der Waals surface area contributed by atoms with E-state index in [1.165, 1.54) is 18.3 Å². The minimum absolute atomic E-state index is 0.0407. The number of rotatable bonds is 7. The van der Waals surface area contributed by atoms with Crippen molar-refractivity contribution < 1.29 is 22.7 Å². The van der Waals surface area contributed by atoms with Gasteiger partial charge in [0.05, 0.1) is 12.4 Å². The maximum Gasteiger partial charge on any atom is 0.227 e. The topological polar surface area (TPSA) is 105 Å².